The molecule has 1 aliphatic rings. The third kappa shape index (κ3) is 26.6. The zero-order valence-electron chi connectivity index (χ0n) is 36.3. The van der Waals surface area contributed by atoms with Crippen molar-refractivity contribution in [1.29, 1.82) is 0 Å². The third-order valence-electron chi connectivity index (χ3n) is 11.6. The Morgan fingerprint density at radius 3 is 1.49 bits per heavy atom. The van der Waals surface area contributed by atoms with Gasteiger partial charge in [-0.1, -0.05) is 187 Å². The predicted molar refractivity (Wildman–Crippen MR) is 229 cm³/mol. The highest BCUT2D eigenvalue weighted by Gasteiger charge is 2.44. The molecule has 0 spiro atoms. The first-order valence-electron chi connectivity index (χ1n) is 23.6. The number of rotatable bonds is 39. The maximum atomic E-state index is 13.0. The number of carbonyl (C=O) groups excluding carboxylic acids is 1. The Balaban J connectivity index is 2.29. The molecule has 1 fully saturated rings. The lowest BCUT2D eigenvalue weighted by atomic mass is 9.98. The smallest absolute Gasteiger partial charge is 0.249 e. The SMILES string of the molecule is CCCC/C=C/CCCC(O)C(O)C(COC1OC(CO)C(O)C(O)C1O)NC(=O)C(O)CCCCCCCCCCCCCCCCCCCCCCCCC. The van der Waals surface area contributed by atoms with Crippen molar-refractivity contribution < 1.29 is 50.0 Å². The Hall–Kier alpha value is -1.15. The minimum atomic E-state index is -1.66. The first-order chi connectivity index (χ1) is 27.7. The van der Waals surface area contributed by atoms with Crippen molar-refractivity contribution in [1.82, 2.24) is 5.32 Å². The number of unbranched alkanes of at least 4 members (excludes halogenated alkanes) is 25. The quantitative estimate of drug-likeness (QED) is 0.0226. The second-order valence-electron chi connectivity index (χ2n) is 16.8. The van der Waals surface area contributed by atoms with E-state index in [1.54, 1.807) is 0 Å². The van der Waals surface area contributed by atoms with Crippen LogP contribution in [-0.4, -0.2) is 110 Å². The Kier molecular flexibility index (Phi) is 34.7. The summed E-state index contributed by atoms with van der Waals surface area (Å²) in [6, 6.07) is -1.18. The van der Waals surface area contributed by atoms with Crippen molar-refractivity contribution in [2.45, 2.75) is 262 Å². The molecule has 57 heavy (non-hydrogen) atoms. The van der Waals surface area contributed by atoms with Crippen LogP contribution in [0.15, 0.2) is 12.2 Å². The van der Waals surface area contributed by atoms with Gasteiger partial charge in [0.25, 0.3) is 0 Å². The number of allylic oxidation sites excluding steroid dienone is 2. The molecule has 1 rings (SSSR count). The second kappa shape index (κ2) is 36.7. The zero-order chi connectivity index (χ0) is 41.9. The van der Waals surface area contributed by atoms with Gasteiger partial charge in [0.2, 0.25) is 5.91 Å². The topological polar surface area (TPSA) is 189 Å². The van der Waals surface area contributed by atoms with E-state index < -0.39 is 74.2 Å². The first-order valence-corrected chi connectivity index (χ1v) is 23.6. The minimum absolute atomic E-state index is 0.258. The van der Waals surface area contributed by atoms with E-state index in [0.717, 1.165) is 44.9 Å². The Bertz CT molecular complexity index is 939. The van der Waals surface area contributed by atoms with E-state index in [2.05, 4.69) is 31.3 Å². The van der Waals surface area contributed by atoms with Crippen molar-refractivity contribution >= 4 is 5.91 Å². The minimum Gasteiger partial charge on any atom is -0.394 e. The molecule has 0 aromatic carbocycles. The zero-order valence-corrected chi connectivity index (χ0v) is 36.3. The molecule has 1 amide bonds. The van der Waals surface area contributed by atoms with Crippen molar-refractivity contribution in [2.75, 3.05) is 13.2 Å². The average molecular weight is 816 g/mol. The standard InChI is InChI=1S/C46H89NO10/c1-3-5-7-9-11-12-13-14-15-16-17-18-19-20-21-22-23-24-25-26-28-30-32-34-39(50)45(55)47-37(41(51)38(49)33-31-29-27-10-8-6-4-2)36-56-46-44(54)43(53)42(52)40(35-48)57-46/h10,27,37-44,46,48-54H,3-9,11-26,28-36H2,1-2H3,(H,47,55)/b27-10+. The van der Waals surface area contributed by atoms with Gasteiger partial charge in [-0.25, -0.2) is 0 Å². The van der Waals surface area contributed by atoms with Gasteiger partial charge in [0, 0.05) is 0 Å². The van der Waals surface area contributed by atoms with Gasteiger partial charge in [-0.05, 0) is 32.1 Å². The molecule has 0 saturated carbocycles. The van der Waals surface area contributed by atoms with Crippen molar-refractivity contribution in [3.63, 3.8) is 0 Å². The Morgan fingerprint density at radius 1 is 0.596 bits per heavy atom. The fourth-order valence-electron chi connectivity index (χ4n) is 7.60. The number of ether oxygens (including phenoxy) is 2. The number of hydrogen-bond acceptors (Lipinski definition) is 10. The van der Waals surface area contributed by atoms with Gasteiger partial charge >= 0.3 is 0 Å². The molecule has 9 atom stereocenters. The summed E-state index contributed by atoms with van der Waals surface area (Å²) in [6.07, 6.45) is 27.4. The number of carbonyl (C=O) groups is 1. The molecule has 1 heterocycles. The number of aliphatic hydroxyl groups excluding tert-OH is 7. The second-order valence-corrected chi connectivity index (χ2v) is 16.8. The van der Waals surface area contributed by atoms with Gasteiger partial charge in [-0.2, -0.15) is 0 Å². The summed E-state index contributed by atoms with van der Waals surface area (Å²) in [5.41, 5.74) is 0. The fraction of sp³-hybridized carbons (Fsp3) is 0.935. The predicted octanol–water partition coefficient (Wildman–Crippen LogP) is 7.67. The summed E-state index contributed by atoms with van der Waals surface area (Å²) in [4.78, 5) is 13.0. The van der Waals surface area contributed by atoms with Gasteiger partial charge in [0.1, 0.15) is 36.6 Å². The van der Waals surface area contributed by atoms with E-state index in [4.69, 9.17) is 9.47 Å². The van der Waals surface area contributed by atoms with Crippen LogP contribution in [0.3, 0.4) is 0 Å². The van der Waals surface area contributed by atoms with E-state index in [-0.39, 0.29) is 12.8 Å². The Morgan fingerprint density at radius 2 is 1.04 bits per heavy atom. The molecule has 11 heteroatoms. The molecule has 0 aromatic rings. The summed E-state index contributed by atoms with van der Waals surface area (Å²) < 4.78 is 11.0. The van der Waals surface area contributed by atoms with Crippen LogP contribution in [0, 0.1) is 0 Å². The molecule has 338 valence electrons. The molecular weight excluding hydrogens is 727 g/mol. The summed E-state index contributed by atoms with van der Waals surface area (Å²) in [5.74, 6) is -0.707. The maximum absolute atomic E-state index is 13.0. The van der Waals surface area contributed by atoms with Crippen LogP contribution in [-0.2, 0) is 14.3 Å². The molecule has 0 aromatic heterocycles. The van der Waals surface area contributed by atoms with Crippen molar-refractivity contribution in [3.05, 3.63) is 12.2 Å². The van der Waals surface area contributed by atoms with E-state index in [9.17, 15) is 40.5 Å². The maximum Gasteiger partial charge on any atom is 0.249 e. The van der Waals surface area contributed by atoms with Gasteiger partial charge in [0.15, 0.2) is 6.29 Å². The van der Waals surface area contributed by atoms with E-state index in [0.29, 0.717) is 12.8 Å². The monoisotopic (exact) mass is 816 g/mol. The molecular formula is C46H89NO10. The molecule has 8 N–H and O–H groups in total. The highest BCUT2D eigenvalue weighted by Crippen LogP contribution is 2.23. The van der Waals surface area contributed by atoms with Crippen LogP contribution < -0.4 is 5.32 Å². The fourth-order valence-corrected chi connectivity index (χ4v) is 7.60. The normalized spacial score (nSPS) is 22.2. The van der Waals surface area contributed by atoms with E-state index in [1.807, 2.05) is 0 Å². The molecule has 0 bridgehead atoms. The molecule has 1 aliphatic heterocycles. The van der Waals surface area contributed by atoms with Crippen LogP contribution in [0.2, 0.25) is 0 Å². The van der Waals surface area contributed by atoms with Gasteiger partial charge in [-0.3, -0.25) is 4.79 Å². The largest absolute Gasteiger partial charge is 0.394 e. The summed E-state index contributed by atoms with van der Waals surface area (Å²) in [7, 11) is 0. The molecule has 0 radical (unpaired) electrons. The number of amides is 1. The van der Waals surface area contributed by atoms with Gasteiger partial charge in [-0.15, -0.1) is 0 Å². The van der Waals surface area contributed by atoms with Crippen molar-refractivity contribution in [3.8, 4) is 0 Å². The summed E-state index contributed by atoms with van der Waals surface area (Å²) >= 11 is 0. The molecule has 0 aliphatic carbocycles. The van der Waals surface area contributed by atoms with Gasteiger partial charge < -0.3 is 50.5 Å². The number of hydrogen-bond donors (Lipinski definition) is 8. The number of aliphatic hydroxyl groups is 7. The molecule has 1 saturated heterocycles. The van der Waals surface area contributed by atoms with Crippen LogP contribution in [0.1, 0.15) is 206 Å². The van der Waals surface area contributed by atoms with Gasteiger partial charge in [0.05, 0.1) is 25.4 Å². The van der Waals surface area contributed by atoms with Crippen LogP contribution in [0.25, 0.3) is 0 Å². The lowest BCUT2D eigenvalue weighted by Crippen LogP contribution is -2.60. The molecule has 9 unspecified atom stereocenters. The van der Waals surface area contributed by atoms with E-state index in [1.165, 1.54) is 122 Å². The highest BCUT2D eigenvalue weighted by molar-refractivity contribution is 5.80. The third-order valence-corrected chi connectivity index (χ3v) is 11.6. The summed E-state index contributed by atoms with van der Waals surface area (Å²) in [6.45, 7) is 3.34. The molecule has 11 nitrogen and oxygen atoms in total. The Labute approximate surface area is 347 Å². The van der Waals surface area contributed by atoms with Crippen LogP contribution in [0.5, 0.6) is 0 Å². The lowest BCUT2D eigenvalue weighted by Gasteiger charge is -2.40. The van der Waals surface area contributed by atoms with Crippen LogP contribution >= 0.6 is 0 Å². The summed E-state index contributed by atoms with van der Waals surface area (Å²) in [5, 5.41) is 75.2. The van der Waals surface area contributed by atoms with Crippen LogP contribution in [0.4, 0.5) is 0 Å². The average Bonchev–Trinajstić information content (AvgIpc) is 3.21. The van der Waals surface area contributed by atoms with Crippen molar-refractivity contribution in [2.24, 2.45) is 0 Å². The number of nitrogens with one attached hydrogen (secondary N) is 1. The van der Waals surface area contributed by atoms with E-state index >= 15 is 0 Å². The lowest BCUT2D eigenvalue weighted by molar-refractivity contribution is -0.303. The first kappa shape index (κ1) is 53.9. The highest BCUT2D eigenvalue weighted by atomic mass is 16.7.